The average Bonchev–Trinajstić information content (AvgIpc) is 2.57. The van der Waals surface area contributed by atoms with Crippen molar-refractivity contribution < 1.29 is 10.2 Å². The molecule has 0 aliphatic heterocycles. The fraction of sp³-hybridized carbons (Fsp3) is 1.00. The molecule has 3 heteroatoms. The van der Waals surface area contributed by atoms with Crippen molar-refractivity contribution in [1.29, 1.82) is 0 Å². The van der Waals surface area contributed by atoms with Gasteiger partial charge in [-0.1, -0.05) is 27.7 Å². The van der Waals surface area contributed by atoms with Gasteiger partial charge in [-0.25, -0.2) is 0 Å². The highest BCUT2D eigenvalue weighted by atomic mass is 16.3. The molecule has 0 aromatic rings. The lowest BCUT2D eigenvalue weighted by Crippen LogP contribution is -2.53. The van der Waals surface area contributed by atoms with Crippen LogP contribution >= 0.6 is 0 Å². The van der Waals surface area contributed by atoms with Crippen LogP contribution in [0.5, 0.6) is 0 Å². The third kappa shape index (κ3) is 1.83. The van der Waals surface area contributed by atoms with Gasteiger partial charge in [-0.2, -0.15) is 0 Å². The third-order valence-electron chi connectivity index (χ3n) is 6.28. The van der Waals surface area contributed by atoms with Crippen LogP contribution < -0.4 is 5.32 Å². The van der Waals surface area contributed by atoms with E-state index in [0.29, 0.717) is 12.5 Å². The summed E-state index contributed by atoms with van der Waals surface area (Å²) in [6, 6.07) is 0.115. The summed E-state index contributed by atoms with van der Waals surface area (Å²) in [5, 5.41) is 24.1. The lowest BCUT2D eigenvalue weighted by atomic mass is 9.69. The van der Waals surface area contributed by atoms with E-state index >= 15 is 0 Å². The highest BCUT2D eigenvalue weighted by Crippen LogP contribution is 2.65. The minimum absolute atomic E-state index is 0.115. The van der Waals surface area contributed by atoms with Crippen molar-refractivity contribution in [2.45, 2.75) is 71.6 Å². The first-order chi connectivity index (χ1) is 8.16. The van der Waals surface area contributed by atoms with Crippen molar-refractivity contribution in [1.82, 2.24) is 5.32 Å². The van der Waals surface area contributed by atoms with Gasteiger partial charge in [-0.05, 0) is 42.9 Å². The molecular formula is C15H29NO2. The monoisotopic (exact) mass is 255 g/mol. The van der Waals surface area contributed by atoms with Gasteiger partial charge < -0.3 is 15.5 Å². The van der Waals surface area contributed by atoms with Gasteiger partial charge in [0.05, 0.1) is 11.7 Å². The lowest BCUT2D eigenvalue weighted by molar-refractivity contribution is 0.0191. The zero-order valence-corrected chi connectivity index (χ0v) is 12.5. The molecule has 2 saturated carbocycles. The first-order valence-electron chi connectivity index (χ1n) is 7.29. The van der Waals surface area contributed by atoms with Crippen molar-refractivity contribution in [2.75, 3.05) is 6.54 Å². The van der Waals surface area contributed by atoms with Crippen LogP contribution in [-0.4, -0.2) is 34.5 Å². The Balaban J connectivity index is 2.11. The molecule has 0 aromatic heterocycles. The highest BCUT2D eigenvalue weighted by Gasteiger charge is 2.65. The maximum Gasteiger partial charge on any atom is 0.0741 e. The zero-order chi connectivity index (χ0) is 13.8. The molecule has 0 radical (unpaired) electrons. The Morgan fingerprint density at radius 2 is 1.94 bits per heavy atom. The Morgan fingerprint density at radius 3 is 2.39 bits per heavy atom. The quantitative estimate of drug-likeness (QED) is 0.719. The fourth-order valence-electron chi connectivity index (χ4n) is 4.13. The molecule has 2 rings (SSSR count). The first kappa shape index (κ1) is 14.3. The van der Waals surface area contributed by atoms with E-state index < -0.39 is 5.60 Å². The van der Waals surface area contributed by atoms with Crippen LogP contribution in [0.15, 0.2) is 0 Å². The second kappa shape index (κ2) is 4.19. The molecule has 5 atom stereocenters. The Hall–Kier alpha value is -0.120. The summed E-state index contributed by atoms with van der Waals surface area (Å²) >= 11 is 0. The predicted molar refractivity (Wildman–Crippen MR) is 73.3 cm³/mol. The molecular weight excluding hydrogens is 226 g/mol. The molecule has 2 bridgehead atoms. The standard InChI is InChI=1S/C15H29NO2/c1-6-14(4,18)9-16-12-11(17)10-7-8-15(12,5)13(10,2)3/h10-12,16-18H,6-9H2,1-5H3/t10-,11-,12+,14+,15-/m1/s1. The molecule has 2 fully saturated rings. The summed E-state index contributed by atoms with van der Waals surface area (Å²) in [6.07, 6.45) is 2.76. The summed E-state index contributed by atoms with van der Waals surface area (Å²) in [5.41, 5.74) is -0.356. The van der Waals surface area contributed by atoms with Gasteiger partial charge in [-0.15, -0.1) is 0 Å². The second-order valence-corrected chi connectivity index (χ2v) is 7.48. The summed E-state index contributed by atoms with van der Waals surface area (Å²) in [5.74, 6) is 0.395. The van der Waals surface area contributed by atoms with E-state index in [2.05, 4.69) is 26.1 Å². The summed E-state index contributed by atoms with van der Waals surface area (Å²) in [6.45, 7) is 11.3. The average molecular weight is 255 g/mol. The summed E-state index contributed by atoms with van der Waals surface area (Å²) in [4.78, 5) is 0. The Labute approximate surface area is 111 Å². The van der Waals surface area contributed by atoms with Crippen LogP contribution in [0.25, 0.3) is 0 Å². The molecule has 0 aromatic carbocycles. The highest BCUT2D eigenvalue weighted by molar-refractivity contribution is 5.17. The van der Waals surface area contributed by atoms with Gasteiger partial charge in [0, 0.05) is 12.6 Å². The van der Waals surface area contributed by atoms with Crippen molar-refractivity contribution in [3.05, 3.63) is 0 Å². The van der Waals surface area contributed by atoms with Crippen LogP contribution in [0.1, 0.15) is 53.9 Å². The molecule has 3 nitrogen and oxygen atoms in total. The van der Waals surface area contributed by atoms with Crippen molar-refractivity contribution in [2.24, 2.45) is 16.7 Å². The third-order valence-corrected chi connectivity index (χ3v) is 6.28. The molecule has 0 saturated heterocycles. The minimum atomic E-state index is -0.679. The Bertz CT molecular complexity index is 326. The normalized spacial score (nSPS) is 45.2. The number of aliphatic hydroxyl groups excluding tert-OH is 1. The molecule has 106 valence electrons. The van der Waals surface area contributed by atoms with Crippen molar-refractivity contribution in [3.63, 3.8) is 0 Å². The zero-order valence-electron chi connectivity index (χ0n) is 12.5. The summed E-state index contributed by atoms with van der Waals surface area (Å²) < 4.78 is 0. The van der Waals surface area contributed by atoms with E-state index in [0.717, 1.165) is 12.8 Å². The predicted octanol–water partition coefficient (Wildman–Crippen LogP) is 1.92. The number of rotatable bonds is 4. The number of fused-ring (bicyclic) bond motifs is 2. The van der Waals surface area contributed by atoms with Gasteiger partial charge >= 0.3 is 0 Å². The summed E-state index contributed by atoms with van der Waals surface area (Å²) in [7, 11) is 0. The van der Waals surface area contributed by atoms with Crippen LogP contribution in [-0.2, 0) is 0 Å². The lowest BCUT2D eigenvalue weighted by Gasteiger charge is -2.41. The molecule has 0 amide bonds. The smallest absolute Gasteiger partial charge is 0.0741 e. The van der Waals surface area contributed by atoms with Crippen molar-refractivity contribution >= 4 is 0 Å². The van der Waals surface area contributed by atoms with E-state index in [1.54, 1.807) is 0 Å². The molecule has 0 heterocycles. The molecule has 2 aliphatic carbocycles. The van der Waals surface area contributed by atoms with E-state index in [1.165, 1.54) is 6.42 Å². The van der Waals surface area contributed by atoms with E-state index in [9.17, 15) is 10.2 Å². The van der Waals surface area contributed by atoms with Crippen LogP contribution in [0.4, 0.5) is 0 Å². The molecule has 0 spiro atoms. The molecule has 3 N–H and O–H groups in total. The van der Waals surface area contributed by atoms with Crippen molar-refractivity contribution in [3.8, 4) is 0 Å². The largest absolute Gasteiger partial charge is 0.391 e. The maximum atomic E-state index is 10.5. The number of hydrogen-bond donors (Lipinski definition) is 3. The SMILES string of the molecule is CC[C@](C)(O)CN[C@H]1[C@H](O)[C@H]2CC[C@@]1(C)C2(C)C. The number of nitrogens with one attached hydrogen (secondary N) is 1. The first-order valence-corrected chi connectivity index (χ1v) is 7.29. The number of hydrogen-bond acceptors (Lipinski definition) is 3. The van der Waals surface area contributed by atoms with Gasteiger partial charge in [0.1, 0.15) is 0 Å². The van der Waals surface area contributed by atoms with E-state index in [4.69, 9.17) is 0 Å². The maximum absolute atomic E-state index is 10.5. The number of aliphatic hydroxyl groups is 2. The molecule has 18 heavy (non-hydrogen) atoms. The topological polar surface area (TPSA) is 52.5 Å². The van der Waals surface area contributed by atoms with Crippen LogP contribution in [0.3, 0.4) is 0 Å². The van der Waals surface area contributed by atoms with Crippen LogP contribution in [0.2, 0.25) is 0 Å². The fourth-order valence-corrected chi connectivity index (χ4v) is 4.13. The van der Waals surface area contributed by atoms with Crippen LogP contribution in [0, 0.1) is 16.7 Å². The minimum Gasteiger partial charge on any atom is -0.391 e. The molecule has 2 aliphatic rings. The van der Waals surface area contributed by atoms with Gasteiger partial charge in [0.15, 0.2) is 0 Å². The van der Waals surface area contributed by atoms with Gasteiger partial charge in [0.2, 0.25) is 0 Å². The van der Waals surface area contributed by atoms with Gasteiger partial charge in [-0.3, -0.25) is 0 Å². The van der Waals surface area contributed by atoms with E-state index in [1.807, 2.05) is 13.8 Å². The second-order valence-electron chi connectivity index (χ2n) is 7.48. The molecule has 0 unspecified atom stereocenters. The van der Waals surface area contributed by atoms with E-state index in [-0.39, 0.29) is 23.0 Å². The Kier molecular flexibility index (Phi) is 3.33. The van der Waals surface area contributed by atoms with Gasteiger partial charge in [0.25, 0.3) is 0 Å². The Morgan fingerprint density at radius 1 is 1.33 bits per heavy atom.